The molecule has 2 heterocycles. The summed E-state index contributed by atoms with van der Waals surface area (Å²) in [6.45, 7) is 0. The third-order valence-electron chi connectivity index (χ3n) is 3.40. The van der Waals surface area contributed by atoms with Crippen molar-refractivity contribution in [3.63, 3.8) is 0 Å². The smallest absolute Gasteiger partial charge is 0.328 e. The second kappa shape index (κ2) is 4.49. The Hall–Kier alpha value is -2.08. The van der Waals surface area contributed by atoms with Crippen LogP contribution in [-0.4, -0.2) is 14.9 Å². The Morgan fingerprint density at radius 1 is 1.15 bits per heavy atom. The normalized spacial score (nSPS) is 11.2. The highest BCUT2D eigenvalue weighted by Gasteiger charge is 2.17. The van der Waals surface area contributed by atoms with E-state index in [0.717, 1.165) is 11.0 Å². The number of carbonyl (C=O) groups excluding carboxylic acids is 1. The van der Waals surface area contributed by atoms with E-state index in [9.17, 15) is 9.59 Å². The lowest BCUT2D eigenvalue weighted by Gasteiger charge is -2.01. The molecular formula is C14H11BrN2O3. The maximum absolute atomic E-state index is 12.4. The van der Waals surface area contributed by atoms with Crippen LogP contribution in [0.4, 0.5) is 0 Å². The van der Waals surface area contributed by atoms with E-state index in [4.69, 9.17) is 4.42 Å². The van der Waals surface area contributed by atoms with Crippen molar-refractivity contribution in [1.29, 1.82) is 0 Å². The number of furan rings is 1. The summed E-state index contributed by atoms with van der Waals surface area (Å²) < 4.78 is 8.56. The molecule has 0 unspecified atom stereocenters. The summed E-state index contributed by atoms with van der Waals surface area (Å²) >= 11 is 3.20. The number of hydrogen-bond acceptors (Lipinski definition) is 3. The molecule has 1 aromatic carbocycles. The molecule has 102 valence electrons. The van der Waals surface area contributed by atoms with Crippen LogP contribution in [0.2, 0.25) is 0 Å². The first-order valence-corrected chi connectivity index (χ1v) is 6.73. The number of carbonyl (C=O) groups is 1. The fourth-order valence-electron chi connectivity index (χ4n) is 2.26. The Morgan fingerprint density at radius 2 is 1.85 bits per heavy atom. The van der Waals surface area contributed by atoms with E-state index in [1.807, 2.05) is 0 Å². The number of aryl methyl sites for hydroxylation is 2. The quantitative estimate of drug-likeness (QED) is 0.676. The van der Waals surface area contributed by atoms with E-state index in [2.05, 4.69) is 15.9 Å². The van der Waals surface area contributed by atoms with Crippen molar-refractivity contribution in [3.05, 3.63) is 56.8 Å². The van der Waals surface area contributed by atoms with Crippen LogP contribution < -0.4 is 5.69 Å². The highest BCUT2D eigenvalue weighted by molar-refractivity contribution is 9.10. The lowest BCUT2D eigenvalue weighted by atomic mass is 10.1. The van der Waals surface area contributed by atoms with E-state index in [1.54, 1.807) is 42.9 Å². The van der Waals surface area contributed by atoms with E-state index in [0.29, 0.717) is 15.8 Å². The van der Waals surface area contributed by atoms with Gasteiger partial charge in [0.1, 0.15) is 0 Å². The van der Waals surface area contributed by atoms with Gasteiger partial charge in [-0.1, -0.05) is 0 Å². The van der Waals surface area contributed by atoms with Gasteiger partial charge < -0.3 is 4.42 Å². The lowest BCUT2D eigenvalue weighted by molar-refractivity contribution is 0.103. The molecule has 5 nitrogen and oxygen atoms in total. The van der Waals surface area contributed by atoms with Crippen molar-refractivity contribution in [2.45, 2.75) is 0 Å². The fourth-order valence-corrected chi connectivity index (χ4v) is 2.68. The van der Waals surface area contributed by atoms with Gasteiger partial charge in [0, 0.05) is 19.7 Å². The minimum Gasteiger partial charge on any atom is -0.457 e. The van der Waals surface area contributed by atoms with Crippen LogP contribution in [0.3, 0.4) is 0 Å². The van der Waals surface area contributed by atoms with Crippen LogP contribution in [0, 0.1) is 0 Å². The molecule has 0 radical (unpaired) electrons. The van der Waals surface area contributed by atoms with Crippen molar-refractivity contribution < 1.29 is 9.21 Å². The molecule has 0 atom stereocenters. The minimum absolute atomic E-state index is 0.117. The van der Waals surface area contributed by atoms with E-state index >= 15 is 0 Å². The van der Waals surface area contributed by atoms with E-state index in [1.165, 1.54) is 10.8 Å². The molecule has 0 saturated heterocycles. The summed E-state index contributed by atoms with van der Waals surface area (Å²) in [7, 11) is 3.39. The Bertz CT molecular complexity index is 886. The molecule has 0 saturated carbocycles. The van der Waals surface area contributed by atoms with Crippen LogP contribution >= 0.6 is 15.9 Å². The monoisotopic (exact) mass is 334 g/mol. The van der Waals surface area contributed by atoms with Crippen molar-refractivity contribution >= 4 is 32.7 Å². The van der Waals surface area contributed by atoms with Gasteiger partial charge in [-0.05, 0) is 40.2 Å². The average molecular weight is 335 g/mol. The van der Waals surface area contributed by atoms with Crippen molar-refractivity contribution in [2.24, 2.45) is 14.1 Å². The number of rotatable bonds is 2. The molecule has 0 amide bonds. The van der Waals surface area contributed by atoms with Gasteiger partial charge in [0.25, 0.3) is 0 Å². The predicted octanol–water partition coefficient (Wildman–Crippen LogP) is 2.46. The first-order valence-electron chi connectivity index (χ1n) is 5.94. The third-order valence-corrected chi connectivity index (χ3v) is 4.01. The molecule has 0 N–H and O–H groups in total. The molecule has 20 heavy (non-hydrogen) atoms. The standard InChI is InChI=1S/C14H11BrN2O3/c1-16-10-4-3-8(7-11(10)17(2)14(16)19)12(18)9-5-6-20-13(9)15/h3-7H,1-2H3. The molecule has 3 rings (SSSR count). The molecule has 0 spiro atoms. The number of fused-ring (bicyclic) bond motifs is 1. The third kappa shape index (κ3) is 1.76. The van der Waals surface area contributed by atoms with Crippen LogP contribution in [0.5, 0.6) is 0 Å². The van der Waals surface area contributed by atoms with Gasteiger partial charge >= 0.3 is 5.69 Å². The summed E-state index contributed by atoms with van der Waals surface area (Å²) in [5, 5.41) is 0. The zero-order valence-corrected chi connectivity index (χ0v) is 12.5. The van der Waals surface area contributed by atoms with Crippen LogP contribution in [0.25, 0.3) is 11.0 Å². The average Bonchev–Trinajstić information content (AvgIpc) is 2.97. The molecule has 2 aromatic heterocycles. The first kappa shape index (κ1) is 12.9. The molecular weight excluding hydrogens is 324 g/mol. The van der Waals surface area contributed by atoms with Crippen molar-refractivity contribution in [3.8, 4) is 0 Å². The number of halogens is 1. The minimum atomic E-state index is -0.149. The van der Waals surface area contributed by atoms with Crippen LogP contribution in [-0.2, 0) is 14.1 Å². The van der Waals surface area contributed by atoms with Crippen molar-refractivity contribution in [2.75, 3.05) is 0 Å². The number of hydrogen-bond donors (Lipinski definition) is 0. The highest BCUT2D eigenvalue weighted by atomic mass is 79.9. The summed E-state index contributed by atoms with van der Waals surface area (Å²) in [6, 6.07) is 6.82. The van der Waals surface area contributed by atoms with Gasteiger partial charge in [-0.3, -0.25) is 13.9 Å². The first-order chi connectivity index (χ1) is 9.50. The summed E-state index contributed by atoms with van der Waals surface area (Å²) in [4.78, 5) is 24.3. The maximum Gasteiger partial charge on any atom is 0.328 e. The number of aromatic nitrogens is 2. The number of nitrogens with zero attached hydrogens (tertiary/aromatic N) is 2. The molecule has 0 bridgehead atoms. The molecule has 3 aromatic rings. The number of ketones is 1. The Balaban J connectivity index is 2.19. The van der Waals surface area contributed by atoms with Gasteiger partial charge in [-0.15, -0.1) is 0 Å². The second-order valence-corrected chi connectivity index (χ2v) is 5.26. The van der Waals surface area contributed by atoms with Crippen molar-refractivity contribution in [1.82, 2.24) is 9.13 Å². The number of imidazole rings is 1. The summed E-state index contributed by atoms with van der Waals surface area (Å²) in [5.41, 5.74) is 2.38. The summed E-state index contributed by atoms with van der Waals surface area (Å²) in [6.07, 6.45) is 1.45. The van der Waals surface area contributed by atoms with Crippen LogP contribution in [0.1, 0.15) is 15.9 Å². The SMILES string of the molecule is Cn1c(=O)n(C)c2cc(C(=O)c3ccoc3Br)ccc21. The van der Waals surface area contributed by atoms with E-state index in [-0.39, 0.29) is 11.5 Å². The van der Waals surface area contributed by atoms with Crippen LogP contribution in [0.15, 0.2) is 44.4 Å². The van der Waals surface area contributed by atoms with Gasteiger partial charge in [0.2, 0.25) is 0 Å². The zero-order chi connectivity index (χ0) is 14.4. The maximum atomic E-state index is 12.4. The Kier molecular flexibility index (Phi) is 2.90. The molecule has 0 aliphatic carbocycles. The molecule has 0 aliphatic heterocycles. The van der Waals surface area contributed by atoms with Gasteiger partial charge in [-0.25, -0.2) is 4.79 Å². The lowest BCUT2D eigenvalue weighted by Crippen LogP contribution is -2.19. The fraction of sp³-hybridized carbons (Fsp3) is 0.143. The largest absolute Gasteiger partial charge is 0.457 e. The second-order valence-electron chi connectivity index (χ2n) is 4.54. The molecule has 6 heteroatoms. The predicted molar refractivity (Wildman–Crippen MR) is 78.0 cm³/mol. The van der Waals surface area contributed by atoms with E-state index < -0.39 is 0 Å². The Labute approximate surface area is 122 Å². The highest BCUT2D eigenvalue weighted by Crippen LogP contribution is 2.23. The van der Waals surface area contributed by atoms with Gasteiger partial charge in [0.15, 0.2) is 10.5 Å². The van der Waals surface area contributed by atoms with Gasteiger partial charge in [-0.2, -0.15) is 0 Å². The zero-order valence-electron chi connectivity index (χ0n) is 10.9. The molecule has 0 aliphatic rings. The molecule has 0 fully saturated rings. The Morgan fingerprint density at radius 3 is 2.50 bits per heavy atom. The van der Waals surface area contributed by atoms with Gasteiger partial charge in [0.05, 0.1) is 22.9 Å². The number of benzene rings is 1. The topological polar surface area (TPSA) is 57.1 Å². The summed E-state index contributed by atoms with van der Waals surface area (Å²) in [5.74, 6) is -0.149.